The molecule has 7 nitrogen and oxygen atoms in total. The number of aromatic nitrogens is 1. The second-order valence-corrected chi connectivity index (χ2v) is 5.97. The summed E-state index contributed by atoms with van der Waals surface area (Å²) in [6.07, 6.45) is 1.59. The van der Waals surface area contributed by atoms with Gasteiger partial charge in [-0.05, 0) is 13.8 Å². The average molecular weight is 324 g/mol. The first-order valence-electron chi connectivity index (χ1n) is 7.24. The molecule has 1 saturated heterocycles. The van der Waals surface area contributed by atoms with Crippen molar-refractivity contribution in [2.75, 3.05) is 26.2 Å². The van der Waals surface area contributed by atoms with Gasteiger partial charge in [0.1, 0.15) is 5.76 Å². The fourth-order valence-corrected chi connectivity index (χ4v) is 2.98. The van der Waals surface area contributed by atoms with Crippen LogP contribution in [0.5, 0.6) is 0 Å². The Balaban J connectivity index is 1.60. The molecule has 2 aliphatic heterocycles. The van der Waals surface area contributed by atoms with E-state index in [1.165, 1.54) is 0 Å². The first kappa shape index (κ1) is 15.2. The molecular weight excluding hydrogens is 306 g/mol. The molecule has 0 N–H and O–H groups in total. The van der Waals surface area contributed by atoms with Gasteiger partial charge in [0.25, 0.3) is 5.91 Å². The van der Waals surface area contributed by atoms with E-state index < -0.39 is 11.3 Å². The molecule has 22 heavy (non-hydrogen) atoms. The van der Waals surface area contributed by atoms with E-state index in [9.17, 15) is 4.79 Å². The van der Waals surface area contributed by atoms with Crippen molar-refractivity contribution in [2.24, 2.45) is 10.2 Å². The topological polar surface area (TPSA) is 74.3 Å². The van der Waals surface area contributed by atoms with Gasteiger partial charge >= 0.3 is 0 Å². The highest BCUT2D eigenvalue weighted by atomic mass is 35.5. The summed E-state index contributed by atoms with van der Waals surface area (Å²) in [5, 5.41) is 10.5. The van der Waals surface area contributed by atoms with Crippen molar-refractivity contribution in [1.29, 1.82) is 0 Å². The van der Waals surface area contributed by atoms with Crippen molar-refractivity contribution >= 4 is 17.5 Å². The van der Waals surface area contributed by atoms with Crippen molar-refractivity contribution in [3.63, 3.8) is 0 Å². The highest BCUT2D eigenvalue weighted by Crippen LogP contribution is 2.23. The van der Waals surface area contributed by atoms with Gasteiger partial charge in [0, 0.05) is 38.3 Å². The third-order valence-electron chi connectivity index (χ3n) is 4.12. The lowest BCUT2D eigenvalue weighted by Crippen LogP contribution is -2.47. The normalized spacial score (nSPS) is 23.0. The van der Waals surface area contributed by atoms with E-state index in [0.29, 0.717) is 0 Å². The Morgan fingerprint density at radius 2 is 2.05 bits per heavy atom. The Morgan fingerprint density at radius 1 is 1.32 bits per heavy atom. The molecule has 3 rings (SSSR count). The molecule has 0 spiro atoms. The smallest absolute Gasteiger partial charge is 0.288 e. The second-order valence-electron chi connectivity index (χ2n) is 5.54. The molecule has 0 bridgehead atoms. The molecule has 0 aliphatic carbocycles. The van der Waals surface area contributed by atoms with Crippen LogP contribution >= 0.6 is 11.6 Å². The lowest BCUT2D eigenvalue weighted by atomic mass is 10.1. The second kappa shape index (κ2) is 6.18. The van der Waals surface area contributed by atoms with Crippen LogP contribution in [0.15, 0.2) is 26.6 Å². The van der Waals surface area contributed by atoms with E-state index in [1.807, 2.05) is 13.8 Å². The van der Waals surface area contributed by atoms with Crippen LogP contribution in [0, 0.1) is 13.8 Å². The Bertz CT molecular complexity index is 612. The molecule has 2 aliphatic rings. The van der Waals surface area contributed by atoms with Crippen LogP contribution in [0.2, 0.25) is 0 Å². The zero-order valence-electron chi connectivity index (χ0n) is 12.6. The summed E-state index contributed by atoms with van der Waals surface area (Å²) < 4.78 is 5.21. The standard InChI is InChI=1S/C14H18ClN5O2/c1-9-11(10(2)22-18-9)8-19-3-5-20(6-4-19)12-7-16-17-14(21)13(12)15/h7,13H,3-6,8H2,1-2H3. The van der Waals surface area contributed by atoms with Crippen molar-refractivity contribution in [3.05, 3.63) is 28.9 Å². The van der Waals surface area contributed by atoms with Crippen LogP contribution < -0.4 is 0 Å². The van der Waals surface area contributed by atoms with Crippen LogP contribution in [-0.4, -0.2) is 52.4 Å². The van der Waals surface area contributed by atoms with E-state index in [2.05, 4.69) is 25.2 Å². The number of piperazine rings is 1. The van der Waals surface area contributed by atoms with Crippen LogP contribution in [0.1, 0.15) is 17.0 Å². The number of carbonyl (C=O) groups is 1. The van der Waals surface area contributed by atoms with Crippen molar-refractivity contribution in [3.8, 4) is 0 Å². The molecule has 1 aromatic rings. The molecule has 1 atom stereocenters. The summed E-state index contributed by atoms with van der Waals surface area (Å²) in [7, 11) is 0. The largest absolute Gasteiger partial charge is 0.369 e. The van der Waals surface area contributed by atoms with Crippen molar-refractivity contribution < 1.29 is 9.32 Å². The predicted molar refractivity (Wildman–Crippen MR) is 80.4 cm³/mol. The van der Waals surface area contributed by atoms with E-state index in [0.717, 1.165) is 55.4 Å². The van der Waals surface area contributed by atoms with E-state index in [1.54, 1.807) is 6.20 Å². The molecule has 0 saturated carbocycles. The lowest BCUT2D eigenvalue weighted by Gasteiger charge is -2.38. The van der Waals surface area contributed by atoms with Gasteiger partial charge in [-0.15, -0.1) is 16.7 Å². The van der Waals surface area contributed by atoms with E-state index in [-0.39, 0.29) is 0 Å². The Kier molecular flexibility index (Phi) is 4.26. The number of hydrogen-bond donors (Lipinski definition) is 0. The number of aryl methyl sites for hydroxylation is 2. The highest BCUT2D eigenvalue weighted by molar-refractivity contribution is 6.33. The molecular formula is C14H18ClN5O2. The minimum atomic E-state index is -0.716. The molecule has 1 unspecified atom stereocenters. The van der Waals surface area contributed by atoms with Crippen molar-refractivity contribution in [1.82, 2.24) is 15.0 Å². The minimum Gasteiger partial charge on any atom is -0.369 e. The number of azo groups is 1. The molecule has 1 amide bonds. The molecule has 3 heterocycles. The van der Waals surface area contributed by atoms with Crippen LogP contribution in [-0.2, 0) is 11.3 Å². The zero-order valence-corrected chi connectivity index (χ0v) is 13.4. The third kappa shape index (κ3) is 2.91. The molecule has 1 fully saturated rings. The molecule has 1 aromatic heterocycles. The summed E-state index contributed by atoms with van der Waals surface area (Å²) in [6, 6.07) is 0. The minimum absolute atomic E-state index is 0.391. The molecule has 0 aromatic carbocycles. The maximum atomic E-state index is 11.5. The zero-order chi connectivity index (χ0) is 15.7. The highest BCUT2D eigenvalue weighted by Gasteiger charge is 2.29. The van der Waals surface area contributed by atoms with Gasteiger partial charge in [0.2, 0.25) is 0 Å². The lowest BCUT2D eigenvalue weighted by molar-refractivity contribution is -0.117. The maximum Gasteiger partial charge on any atom is 0.288 e. The van der Waals surface area contributed by atoms with Crippen molar-refractivity contribution in [2.45, 2.75) is 25.8 Å². The summed E-state index contributed by atoms with van der Waals surface area (Å²) in [5.41, 5.74) is 2.85. The number of hydrogen-bond acceptors (Lipinski definition) is 6. The number of nitrogens with zero attached hydrogens (tertiary/aromatic N) is 5. The van der Waals surface area contributed by atoms with Crippen LogP contribution in [0.3, 0.4) is 0 Å². The van der Waals surface area contributed by atoms with E-state index >= 15 is 0 Å². The quantitative estimate of drug-likeness (QED) is 0.794. The number of halogens is 1. The van der Waals surface area contributed by atoms with Gasteiger partial charge in [-0.3, -0.25) is 9.69 Å². The first-order valence-corrected chi connectivity index (χ1v) is 7.68. The molecule has 0 radical (unpaired) electrons. The monoisotopic (exact) mass is 323 g/mol. The van der Waals surface area contributed by atoms with Gasteiger partial charge in [-0.2, -0.15) is 5.11 Å². The van der Waals surface area contributed by atoms with Crippen LogP contribution in [0.25, 0.3) is 0 Å². The van der Waals surface area contributed by atoms with E-state index in [4.69, 9.17) is 16.1 Å². The fourth-order valence-electron chi connectivity index (χ4n) is 2.74. The van der Waals surface area contributed by atoms with Gasteiger partial charge in [0.15, 0.2) is 5.38 Å². The maximum absolute atomic E-state index is 11.5. The Morgan fingerprint density at radius 3 is 2.68 bits per heavy atom. The number of carbonyl (C=O) groups excluding carboxylic acids is 1. The fraction of sp³-hybridized carbons (Fsp3) is 0.571. The number of amides is 1. The van der Waals surface area contributed by atoms with Gasteiger partial charge < -0.3 is 9.42 Å². The summed E-state index contributed by atoms with van der Waals surface area (Å²) in [4.78, 5) is 16.0. The number of alkyl halides is 1. The molecule has 8 heteroatoms. The molecule has 118 valence electrons. The summed E-state index contributed by atoms with van der Waals surface area (Å²) >= 11 is 6.11. The summed E-state index contributed by atoms with van der Waals surface area (Å²) in [5.74, 6) is 0.485. The van der Waals surface area contributed by atoms with Crippen LogP contribution in [0.4, 0.5) is 0 Å². The van der Waals surface area contributed by atoms with Gasteiger partial charge in [-0.25, -0.2) is 0 Å². The van der Waals surface area contributed by atoms with Gasteiger partial charge in [-0.1, -0.05) is 5.16 Å². The third-order valence-corrected chi connectivity index (χ3v) is 4.53. The number of rotatable bonds is 3. The Hall–Kier alpha value is -1.73. The van der Waals surface area contributed by atoms with Gasteiger partial charge in [0.05, 0.1) is 17.6 Å². The SMILES string of the molecule is Cc1noc(C)c1CN1CCN(C2=CN=NC(=O)C2Cl)CC1. The predicted octanol–water partition coefficient (Wildman–Crippen LogP) is 1.85. The Labute approximate surface area is 133 Å². The average Bonchev–Trinajstić information content (AvgIpc) is 2.83. The first-order chi connectivity index (χ1) is 10.6. The summed E-state index contributed by atoms with van der Waals surface area (Å²) in [6.45, 7) is 8.11.